The molecule has 0 amide bonds. The van der Waals surface area contributed by atoms with E-state index in [2.05, 4.69) is 10.3 Å². The molecular formula is C9H19N3. The van der Waals surface area contributed by atoms with Crippen molar-refractivity contribution < 1.29 is 0 Å². The first-order valence-corrected chi connectivity index (χ1v) is 4.06. The SMILES string of the molecule is CC(C)=N/C(C)=C/NC(C)(C)N. The third-order valence-corrected chi connectivity index (χ3v) is 1.05. The highest BCUT2D eigenvalue weighted by atomic mass is 15.1. The highest BCUT2D eigenvalue weighted by Gasteiger charge is 2.05. The number of nitrogens with zero attached hydrogens (tertiary/aromatic N) is 1. The van der Waals surface area contributed by atoms with Gasteiger partial charge in [0.15, 0.2) is 0 Å². The van der Waals surface area contributed by atoms with Crippen molar-refractivity contribution >= 4 is 5.71 Å². The molecule has 70 valence electrons. The van der Waals surface area contributed by atoms with Crippen molar-refractivity contribution in [3.8, 4) is 0 Å². The van der Waals surface area contributed by atoms with Crippen LogP contribution in [0.3, 0.4) is 0 Å². The van der Waals surface area contributed by atoms with Crippen LogP contribution >= 0.6 is 0 Å². The van der Waals surface area contributed by atoms with Crippen molar-refractivity contribution in [2.45, 2.75) is 40.3 Å². The number of allylic oxidation sites excluding steroid dienone is 1. The van der Waals surface area contributed by atoms with E-state index in [9.17, 15) is 0 Å². The third kappa shape index (κ3) is 7.28. The van der Waals surface area contributed by atoms with Crippen LogP contribution in [-0.4, -0.2) is 11.4 Å². The van der Waals surface area contributed by atoms with Crippen LogP contribution in [0.15, 0.2) is 16.9 Å². The Morgan fingerprint density at radius 1 is 1.33 bits per heavy atom. The van der Waals surface area contributed by atoms with Crippen LogP contribution in [0.25, 0.3) is 0 Å². The van der Waals surface area contributed by atoms with Gasteiger partial charge in [-0.2, -0.15) is 0 Å². The minimum atomic E-state index is -0.377. The number of aliphatic imine (C=N–C) groups is 1. The van der Waals surface area contributed by atoms with Crippen molar-refractivity contribution in [3.05, 3.63) is 11.9 Å². The number of hydrogen-bond acceptors (Lipinski definition) is 3. The van der Waals surface area contributed by atoms with Crippen LogP contribution in [0.4, 0.5) is 0 Å². The summed E-state index contributed by atoms with van der Waals surface area (Å²) in [5.74, 6) is 0. The fourth-order valence-electron chi connectivity index (χ4n) is 0.675. The van der Waals surface area contributed by atoms with Crippen LogP contribution < -0.4 is 11.1 Å². The van der Waals surface area contributed by atoms with E-state index in [-0.39, 0.29) is 5.66 Å². The van der Waals surface area contributed by atoms with Gasteiger partial charge in [-0.05, 0) is 34.6 Å². The minimum Gasteiger partial charge on any atom is -0.372 e. The molecule has 12 heavy (non-hydrogen) atoms. The summed E-state index contributed by atoms with van der Waals surface area (Å²) >= 11 is 0. The molecule has 0 spiro atoms. The maximum absolute atomic E-state index is 5.71. The Morgan fingerprint density at radius 3 is 2.17 bits per heavy atom. The van der Waals surface area contributed by atoms with Gasteiger partial charge >= 0.3 is 0 Å². The molecule has 0 aromatic rings. The topological polar surface area (TPSA) is 50.4 Å². The largest absolute Gasteiger partial charge is 0.372 e. The van der Waals surface area contributed by atoms with Crippen molar-refractivity contribution in [1.82, 2.24) is 5.32 Å². The molecule has 0 saturated heterocycles. The quantitative estimate of drug-likeness (QED) is 0.498. The first-order chi connectivity index (χ1) is 5.31. The van der Waals surface area contributed by atoms with E-state index in [0.717, 1.165) is 11.4 Å². The minimum absolute atomic E-state index is 0.377. The van der Waals surface area contributed by atoms with E-state index in [1.807, 2.05) is 40.8 Å². The lowest BCUT2D eigenvalue weighted by Gasteiger charge is -2.18. The molecule has 0 unspecified atom stereocenters. The third-order valence-electron chi connectivity index (χ3n) is 1.05. The van der Waals surface area contributed by atoms with Gasteiger partial charge in [0.25, 0.3) is 0 Å². The second kappa shape index (κ2) is 4.26. The first-order valence-electron chi connectivity index (χ1n) is 4.06. The number of nitrogens with one attached hydrogen (secondary N) is 1. The second-order valence-corrected chi connectivity index (χ2v) is 3.71. The maximum Gasteiger partial charge on any atom is 0.0794 e. The Bertz CT molecular complexity index is 192. The summed E-state index contributed by atoms with van der Waals surface area (Å²) in [5, 5.41) is 3.04. The van der Waals surface area contributed by atoms with Crippen molar-refractivity contribution in [3.63, 3.8) is 0 Å². The Kier molecular flexibility index (Phi) is 3.96. The van der Waals surface area contributed by atoms with Gasteiger partial charge in [-0.3, -0.25) is 4.99 Å². The summed E-state index contributed by atoms with van der Waals surface area (Å²) in [4.78, 5) is 4.24. The Labute approximate surface area is 74.8 Å². The van der Waals surface area contributed by atoms with Gasteiger partial charge in [0.2, 0.25) is 0 Å². The lowest BCUT2D eigenvalue weighted by molar-refractivity contribution is 0.461. The highest BCUT2D eigenvalue weighted by Crippen LogP contribution is 1.96. The summed E-state index contributed by atoms with van der Waals surface area (Å²) in [6.07, 6.45) is 1.83. The van der Waals surface area contributed by atoms with Crippen LogP contribution in [0.2, 0.25) is 0 Å². The fraction of sp³-hybridized carbons (Fsp3) is 0.667. The van der Waals surface area contributed by atoms with Gasteiger partial charge in [0.05, 0.1) is 11.4 Å². The molecule has 0 bridgehead atoms. The number of hydrogen-bond donors (Lipinski definition) is 2. The van der Waals surface area contributed by atoms with Gasteiger partial charge in [-0.25, -0.2) is 0 Å². The molecule has 0 heterocycles. The van der Waals surface area contributed by atoms with E-state index < -0.39 is 0 Å². The monoisotopic (exact) mass is 169 g/mol. The standard InChI is InChI=1S/C9H19N3/c1-7(2)12-8(3)6-11-9(4,5)10/h6,11H,10H2,1-5H3/b8-6+. The summed E-state index contributed by atoms with van der Waals surface area (Å²) in [7, 11) is 0. The van der Waals surface area contributed by atoms with Gasteiger partial charge in [-0.1, -0.05) is 0 Å². The molecule has 0 radical (unpaired) electrons. The maximum atomic E-state index is 5.71. The summed E-state index contributed by atoms with van der Waals surface area (Å²) < 4.78 is 0. The smallest absolute Gasteiger partial charge is 0.0794 e. The van der Waals surface area contributed by atoms with Gasteiger partial charge in [-0.15, -0.1) is 0 Å². The van der Waals surface area contributed by atoms with Gasteiger partial charge in [0.1, 0.15) is 0 Å². The van der Waals surface area contributed by atoms with Crippen LogP contribution in [-0.2, 0) is 0 Å². The van der Waals surface area contributed by atoms with E-state index in [1.165, 1.54) is 0 Å². The van der Waals surface area contributed by atoms with Crippen LogP contribution in [0.5, 0.6) is 0 Å². The van der Waals surface area contributed by atoms with Crippen molar-refractivity contribution in [1.29, 1.82) is 0 Å². The Morgan fingerprint density at radius 2 is 1.83 bits per heavy atom. The molecule has 0 aliphatic carbocycles. The van der Waals surface area contributed by atoms with Crippen molar-refractivity contribution in [2.75, 3.05) is 0 Å². The second-order valence-electron chi connectivity index (χ2n) is 3.71. The Balaban J connectivity index is 4.12. The van der Waals surface area contributed by atoms with Gasteiger partial charge < -0.3 is 11.1 Å². The predicted molar refractivity (Wildman–Crippen MR) is 53.9 cm³/mol. The molecular weight excluding hydrogens is 150 g/mol. The average Bonchev–Trinajstić information content (AvgIpc) is 1.80. The van der Waals surface area contributed by atoms with Crippen molar-refractivity contribution in [2.24, 2.45) is 10.7 Å². The molecule has 0 aliphatic heterocycles. The lowest BCUT2D eigenvalue weighted by atomic mass is 10.3. The summed E-state index contributed by atoms with van der Waals surface area (Å²) in [6, 6.07) is 0. The molecule has 0 aliphatic rings. The van der Waals surface area contributed by atoms with E-state index >= 15 is 0 Å². The Hall–Kier alpha value is -0.830. The zero-order valence-electron chi connectivity index (χ0n) is 8.60. The molecule has 3 nitrogen and oxygen atoms in total. The molecule has 0 rings (SSSR count). The van der Waals surface area contributed by atoms with E-state index in [0.29, 0.717) is 0 Å². The molecule has 3 heteroatoms. The molecule has 0 atom stereocenters. The zero-order valence-corrected chi connectivity index (χ0v) is 8.60. The molecule has 0 fully saturated rings. The number of nitrogens with two attached hydrogens (primary N) is 1. The summed E-state index contributed by atoms with van der Waals surface area (Å²) in [5.41, 5.74) is 7.31. The lowest BCUT2D eigenvalue weighted by Crippen LogP contribution is -2.44. The fourth-order valence-corrected chi connectivity index (χ4v) is 0.675. The van der Waals surface area contributed by atoms with Crippen LogP contribution in [0, 0.1) is 0 Å². The van der Waals surface area contributed by atoms with Crippen LogP contribution in [0.1, 0.15) is 34.6 Å². The number of rotatable bonds is 3. The van der Waals surface area contributed by atoms with E-state index in [4.69, 9.17) is 5.73 Å². The predicted octanol–water partition coefficient (Wildman–Crippen LogP) is 1.61. The first kappa shape index (κ1) is 11.2. The van der Waals surface area contributed by atoms with E-state index in [1.54, 1.807) is 0 Å². The normalized spacial score (nSPS) is 12.7. The average molecular weight is 169 g/mol. The summed E-state index contributed by atoms with van der Waals surface area (Å²) in [6.45, 7) is 9.67. The molecule has 0 saturated carbocycles. The van der Waals surface area contributed by atoms with Gasteiger partial charge in [0, 0.05) is 11.9 Å². The zero-order chi connectivity index (χ0) is 9.78. The molecule has 3 N–H and O–H groups in total. The highest BCUT2D eigenvalue weighted by molar-refractivity contribution is 5.80. The molecule has 0 aromatic carbocycles. The molecule has 0 aromatic heterocycles.